The smallest absolute Gasteiger partial charge is 0.350 e. The standard InChI is InChI=1S/C18H25N5O2/c19-16(24)7-4-12-22-18(25)23(15-5-2-1-3-6-15)17(21-22)13-14-8-10-20-11-9-14/h1-3,5-6,14,20H,4,7-13H2,(H2,19,24). The van der Waals surface area contributed by atoms with Gasteiger partial charge in [-0.15, -0.1) is 0 Å². The van der Waals surface area contributed by atoms with Gasteiger partial charge in [-0.2, -0.15) is 5.10 Å². The predicted molar refractivity (Wildman–Crippen MR) is 95.6 cm³/mol. The van der Waals surface area contributed by atoms with Crippen molar-refractivity contribution >= 4 is 5.91 Å². The van der Waals surface area contributed by atoms with E-state index in [0.29, 0.717) is 18.9 Å². The molecular formula is C18H25N5O2. The molecule has 25 heavy (non-hydrogen) atoms. The number of rotatable bonds is 7. The van der Waals surface area contributed by atoms with Crippen LogP contribution in [0.15, 0.2) is 35.1 Å². The second-order valence-corrected chi connectivity index (χ2v) is 6.56. The van der Waals surface area contributed by atoms with Crippen molar-refractivity contribution in [1.29, 1.82) is 0 Å². The molecule has 7 heteroatoms. The average molecular weight is 343 g/mol. The summed E-state index contributed by atoms with van der Waals surface area (Å²) in [6, 6.07) is 9.60. The minimum atomic E-state index is -0.356. The molecule has 7 nitrogen and oxygen atoms in total. The Morgan fingerprint density at radius 2 is 1.96 bits per heavy atom. The van der Waals surface area contributed by atoms with Crippen molar-refractivity contribution in [2.45, 2.75) is 38.6 Å². The first-order valence-corrected chi connectivity index (χ1v) is 8.88. The van der Waals surface area contributed by atoms with Gasteiger partial charge in [-0.3, -0.25) is 4.79 Å². The maximum atomic E-state index is 12.8. The van der Waals surface area contributed by atoms with Gasteiger partial charge in [0.05, 0.1) is 5.69 Å². The Bertz CT molecular complexity index is 760. The Kier molecular flexibility index (Phi) is 5.65. The summed E-state index contributed by atoms with van der Waals surface area (Å²) in [5, 5.41) is 7.94. The quantitative estimate of drug-likeness (QED) is 0.779. The molecular weight excluding hydrogens is 318 g/mol. The molecule has 0 bridgehead atoms. The van der Waals surface area contributed by atoms with E-state index in [9.17, 15) is 9.59 Å². The van der Waals surface area contributed by atoms with Gasteiger partial charge in [0, 0.05) is 19.4 Å². The van der Waals surface area contributed by atoms with E-state index in [1.54, 1.807) is 4.57 Å². The van der Waals surface area contributed by atoms with Crippen LogP contribution >= 0.6 is 0 Å². The number of aromatic nitrogens is 3. The van der Waals surface area contributed by atoms with Gasteiger partial charge < -0.3 is 11.1 Å². The van der Waals surface area contributed by atoms with Crippen LogP contribution in [0, 0.1) is 5.92 Å². The molecule has 0 atom stereocenters. The van der Waals surface area contributed by atoms with Crippen LogP contribution in [0.2, 0.25) is 0 Å². The van der Waals surface area contributed by atoms with Crippen molar-refractivity contribution in [2.24, 2.45) is 11.7 Å². The number of nitrogens with zero attached hydrogens (tertiary/aromatic N) is 3. The van der Waals surface area contributed by atoms with E-state index in [1.165, 1.54) is 4.68 Å². The summed E-state index contributed by atoms with van der Waals surface area (Å²) in [6.45, 7) is 2.43. The van der Waals surface area contributed by atoms with Crippen molar-refractivity contribution in [3.8, 4) is 5.69 Å². The summed E-state index contributed by atoms with van der Waals surface area (Å²) < 4.78 is 3.17. The fourth-order valence-corrected chi connectivity index (χ4v) is 3.31. The van der Waals surface area contributed by atoms with Crippen molar-refractivity contribution in [3.63, 3.8) is 0 Å². The normalized spacial score (nSPS) is 15.4. The van der Waals surface area contributed by atoms with Crippen molar-refractivity contribution in [3.05, 3.63) is 46.6 Å². The number of nitrogens with two attached hydrogens (primary N) is 1. The second-order valence-electron chi connectivity index (χ2n) is 6.56. The molecule has 1 aliphatic rings. The van der Waals surface area contributed by atoms with E-state index in [2.05, 4.69) is 10.4 Å². The highest BCUT2D eigenvalue weighted by Gasteiger charge is 2.20. The summed E-state index contributed by atoms with van der Waals surface area (Å²) in [5.74, 6) is 0.970. The first-order valence-electron chi connectivity index (χ1n) is 8.88. The summed E-state index contributed by atoms with van der Waals surface area (Å²) in [7, 11) is 0. The lowest BCUT2D eigenvalue weighted by Gasteiger charge is -2.22. The molecule has 1 saturated heterocycles. The Balaban J connectivity index is 1.88. The number of hydrogen-bond acceptors (Lipinski definition) is 4. The van der Waals surface area contributed by atoms with Gasteiger partial charge in [-0.05, 0) is 50.4 Å². The molecule has 0 saturated carbocycles. The predicted octanol–water partition coefficient (Wildman–Crippen LogP) is 0.842. The highest BCUT2D eigenvalue weighted by atomic mass is 16.2. The third kappa shape index (κ3) is 4.36. The zero-order valence-corrected chi connectivity index (χ0v) is 14.4. The molecule has 1 amide bonds. The van der Waals surface area contributed by atoms with Crippen LogP contribution in [0.3, 0.4) is 0 Å². The van der Waals surface area contributed by atoms with Crippen molar-refractivity contribution in [2.75, 3.05) is 13.1 Å². The summed E-state index contributed by atoms with van der Waals surface area (Å²) >= 11 is 0. The molecule has 3 N–H and O–H groups in total. The number of carbonyl (C=O) groups excluding carboxylic acids is 1. The van der Waals surface area contributed by atoms with Crippen LogP contribution < -0.4 is 16.7 Å². The molecule has 2 heterocycles. The molecule has 3 rings (SSSR count). The van der Waals surface area contributed by atoms with Gasteiger partial charge in [0.15, 0.2) is 0 Å². The molecule has 1 aliphatic heterocycles. The summed E-state index contributed by atoms with van der Waals surface area (Å²) in [6.07, 6.45) is 3.76. The van der Waals surface area contributed by atoms with E-state index >= 15 is 0 Å². The van der Waals surface area contributed by atoms with Crippen LogP contribution in [0.4, 0.5) is 0 Å². The number of benzene rings is 1. The van der Waals surface area contributed by atoms with Crippen LogP contribution in [-0.2, 0) is 17.8 Å². The van der Waals surface area contributed by atoms with Gasteiger partial charge in [0.25, 0.3) is 0 Å². The molecule has 1 aromatic carbocycles. The van der Waals surface area contributed by atoms with Gasteiger partial charge >= 0.3 is 5.69 Å². The molecule has 1 aromatic heterocycles. The number of aryl methyl sites for hydroxylation is 1. The Labute approximate surface area is 146 Å². The first-order chi connectivity index (χ1) is 12.1. The molecule has 0 unspecified atom stereocenters. The number of piperidine rings is 1. The minimum absolute atomic E-state index is 0.153. The third-order valence-corrected chi connectivity index (χ3v) is 4.64. The van der Waals surface area contributed by atoms with E-state index in [4.69, 9.17) is 5.73 Å². The van der Waals surface area contributed by atoms with Crippen LogP contribution in [0.1, 0.15) is 31.5 Å². The number of nitrogens with one attached hydrogen (secondary N) is 1. The highest BCUT2D eigenvalue weighted by molar-refractivity contribution is 5.73. The second kappa shape index (κ2) is 8.11. The Morgan fingerprint density at radius 1 is 1.24 bits per heavy atom. The fourth-order valence-electron chi connectivity index (χ4n) is 3.31. The van der Waals surface area contributed by atoms with Crippen LogP contribution in [0.5, 0.6) is 0 Å². The van der Waals surface area contributed by atoms with Crippen LogP contribution in [0.25, 0.3) is 5.69 Å². The lowest BCUT2D eigenvalue weighted by atomic mass is 9.94. The Hall–Kier alpha value is -2.41. The number of para-hydroxylation sites is 1. The average Bonchev–Trinajstić information content (AvgIpc) is 2.92. The monoisotopic (exact) mass is 343 g/mol. The molecule has 0 aliphatic carbocycles. The molecule has 134 valence electrons. The van der Waals surface area contributed by atoms with Crippen molar-refractivity contribution in [1.82, 2.24) is 19.7 Å². The SMILES string of the molecule is NC(=O)CCCn1nc(CC2CCNCC2)n(-c2ccccc2)c1=O. The van der Waals surface area contributed by atoms with E-state index in [1.807, 2.05) is 30.3 Å². The van der Waals surface area contributed by atoms with E-state index in [-0.39, 0.29) is 18.0 Å². The minimum Gasteiger partial charge on any atom is -0.370 e. The fraction of sp³-hybridized carbons (Fsp3) is 0.500. The maximum Gasteiger partial charge on any atom is 0.350 e. The maximum absolute atomic E-state index is 12.8. The third-order valence-electron chi connectivity index (χ3n) is 4.64. The number of hydrogen-bond donors (Lipinski definition) is 2. The number of carbonyl (C=O) groups is 1. The molecule has 2 aromatic rings. The Morgan fingerprint density at radius 3 is 2.64 bits per heavy atom. The van der Waals surface area contributed by atoms with Gasteiger partial charge in [-0.25, -0.2) is 14.0 Å². The van der Waals surface area contributed by atoms with Gasteiger partial charge in [-0.1, -0.05) is 18.2 Å². The molecule has 0 radical (unpaired) electrons. The molecule has 0 spiro atoms. The number of amides is 1. The highest BCUT2D eigenvalue weighted by Crippen LogP contribution is 2.18. The van der Waals surface area contributed by atoms with Crippen LogP contribution in [-0.4, -0.2) is 33.3 Å². The first kappa shape index (κ1) is 17.4. The topological polar surface area (TPSA) is 94.9 Å². The number of primary amides is 1. The van der Waals surface area contributed by atoms with Gasteiger partial charge in [0.2, 0.25) is 5.91 Å². The molecule has 1 fully saturated rings. The zero-order valence-electron chi connectivity index (χ0n) is 14.4. The largest absolute Gasteiger partial charge is 0.370 e. The lowest BCUT2D eigenvalue weighted by molar-refractivity contribution is -0.118. The lowest BCUT2D eigenvalue weighted by Crippen LogP contribution is -2.29. The zero-order chi connectivity index (χ0) is 17.6. The van der Waals surface area contributed by atoms with Crippen molar-refractivity contribution < 1.29 is 4.79 Å². The summed E-state index contributed by atoms with van der Waals surface area (Å²) in [5.41, 5.74) is 5.86. The van der Waals surface area contributed by atoms with E-state index < -0.39 is 0 Å². The van der Waals surface area contributed by atoms with Gasteiger partial charge in [0.1, 0.15) is 5.82 Å². The van der Waals surface area contributed by atoms with E-state index in [0.717, 1.165) is 43.9 Å². The summed E-state index contributed by atoms with van der Waals surface area (Å²) in [4.78, 5) is 23.8.